The number of fused-ring (bicyclic) bond motifs is 2. The van der Waals surface area contributed by atoms with Crippen molar-refractivity contribution in [3.63, 3.8) is 0 Å². The molecule has 3 atom stereocenters. The number of oxazole rings is 1. The van der Waals surface area contributed by atoms with Crippen molar-refractivity contribution < 1.29 is 13.6 Å². The van der Waals surface area contributed by atoms with E-state index in [0.29, 0.717) is 18.7 Å². The lowest BCUT2D eigenvalue weighted by Gasteiger charge is -2.34. The van der Waals surface area contributed by atoms with Gasteiger partial charge in [-0.1, -0.05) is 12.1 Å². The number of alkyl halides is 2. The van der Waals surface area contributed by atoms with Crippen LogP contribution in [0.25, 0.3) is 11.6 Å². The van der Waals surface area contributed by atoms with E-state index < -0.39 is 26.2 Å². The smallest absolute Gasteiger partial charge is 0.293 e. The average molecular weight is 603 g/mol. The van der Waals surface area contributed by atoms with Crippen molar-refractivity contribution in [2.24, 2.45) is 4.47 Å². The molecule has 1 N–H and O–H groups in total. The number of nitrogens with zero attached hydrogens (tertiary/aromatic N) is 6. The number of pyridine rings is 1. The maximum absolute atomic E-state index is 14.6. The van der Waals surface area contributed by atoms with Gasteiger partial charge in [0.15, 0.2) is 4.18 Å². The van der Waals surface area contributed by atoms with Crippen LogP contribution < -0.4 is 0 Å². The molecule has 6 heterocycles. The fraction of sp³-hybridized carbons (Fsp3) is 0.217. The Bertz CT molecular complexity index is 1440. The Hall–Kier alpha value is -3.13. The molecule has 0 spiro atoms. The van der Waals surface area contributed by atoms with Crippen molar-refractivity contribution >= 4 is 39.2 Å². The van der Waals surface area contributed by atoms with Gasteiger partial charge in [-0.25, -0.2) is 19.4 Å². The van der Waals surface area contributed by atoms with E-state index in [4.69, 9.17) is 8.89 Å². The lowest BCUT2D eigenvalue weighted by molar-refractivity contribution is 0.0689. The van der Waals surface area contributed by atoms with Crippen LogP contribution in [-0.4, -0.2) is 42.3 Å². The van der Waals surface area contributed by atoms with E-state index >= 15 is 0 Å². The monoisotopic (exact) mass is 603 g/mol. The molecule has 0 saturated heterocycles. The summed E-state index contributed by atoms with van der Waals surface area (Å²) in [5.41, 5.74) is 4.18. The maximum Gasteiger partial charge on any atom is 0.293 e. The van der Waals surface area contributed by atoms with Crippen LogP contribution in [0.15, 0.2) is 74.6 Å². The molecule has 3 aromatic rings. The number of aromatic amines is 1. The van der Waals surface area contributed by atoms with Crippen LogP contribution in [0.2, 0.25) is 0 Å². The lowest BCUT2D eigenvalue weighted by atomic mass is 10.1. The summed E-state index contributed by atoms with van der Waals surface area (Å²) >= 11 is 1.59. The molecule has 0 aliphatic carbocycles. The third-order valence-corrected chi connectivity index (χ3v) is 8.29. The molecule has 3 aliphatic rings. The molecular weight excluding hydrogens is 584 g/mol. The summed E-state index contributed by atoms with van der Waals surface area (Å²) in [4.78, 5) is 31.8. The van der Waals surface area contributed by atoms with E-state index in [1.54, 1.807) is 58.2 Å². The minimum absolute atomic E-state index is 0.0491. The zero-order chi connectivity index (χ0) is 24.1. The number of carbonyl (C=O) groups is 1. The fourth-order valence-corrected chi connectivity index (χ4v) is 6.69. The molecule has 3 aliphatic heterocycles. The first-order valence-electron chi connectivity index (χ1n) is 10.8. The molecule has 0 saturated carbocycles. The largest absolute Gasteiger partial charge is 0.429 e. The molecule has 12 heteroatoms. The second-order valence-electron chi connectivity index (χ2n) is 8.08. The van der Waals surface area contributed by atoms with Gasteiger partial charge < -0.3 is 14.3 Å². The first kappa shape index (κ1) is 22.3. The van der Waals surface area contributed by atoms with Gasteiger partial charge in [0.25, 0.3) is 5.91 Å². The summed E-state index contributed by atoms with van der Waals surface area (Å²) < 4.78 is 23.8. The highest BCUT2D eigenvalue weighted by Crippen LogP contribution is 2.40. The van der Waals surface area contributed by atoms with Crippen molar-refractivity contribution in [3.05, 3.63) is 88.6 Å². The summed E-state index contributed by atoms with van der Waals surface area (Å²) in [6.07, 6.45) is 9.67. The maximum atomic E-state index is 14.6. The molecule has 178 valence electrons. The second-order valence-corrected chi connectivity index (χ2v) is 10.7. The Labute approximate surface area is 216 Å². The highest BCUT2D eigenvalue weighted by Gasteiger charge is 2.41. The van der Waals surface area contributed by atoms with E-state index in [0.717, 1.165) is 22.7 Å². The van der Waals surface area contributed by atoms with Crippen LogP contribution in [0, 0.1) is 0 Å². The predicted molar refractivity (Wildman–Crippen MR) is 136 cm³/mol. The normalized spacial score (nSPS) is 21.7. The number of hydrogen-bond acceptors (Lipinski definition) is 7. The molecule has 0 bridgehead atoms. The molecule has 0 fully saturated rings. The van der Waals surface area contributed by atoms with Gasteiger partial charge in [0.05, 0.1) is 17.7 Å². The van der Waals surface area contributed by atoms with Gasteiger partial charge in [-0.05, 0) is 64.0 Å². The first-order valence-corrected chi connectivity index (χ1v) is 13.4. The molecular formula is C23H19FIN7O2S. The Kier molecular flexibility index (Phi) is 5.63. The second kappa shape index (κ2) is 8.82. The number of allylic oxidation sites excluding steroid dienone is 3. The number of imidazole rings is 1. The highest BCUT2D eigenvalue weighted by atomic mass is 127. The number of aromatic nitrogens is 4. The molecule has 9 nitrogen and oxygen atoms in total. The number of nitrogens with one attached hydrogen (secondary N) is 1. The van der Waals surface area contributed by atoms with Crippen molar-refractivity contribution in [1.82, 2.24) is 29.8 Å². The fourth-order valence-electron chi connectivity index (χ4n) is 4.24. The lowest BCUT2D eigenvalue weighted by Crippen LogP contribution is -2.41. The average Bonchev–Trinajstić information content (AvgIpc) is 3.61. The van der Waals surface area contributed by atoms with Crippen LogP contribution in [0.3, 0.4) is 0 Å². The minimum atomic E-state index is -1.52. The first-order chi connectivity index (χ1) is 17.0. The number of carbonyl (C=O) groups excluding carboxylic acids is 1. The molecule has 3 aromatic heterocycles. The van der Waals surface area contributed by atoms with Crippen LogP contribution in [0.4, 0.5) is 4.39 Å². The van der Waals surface area contributed by atoms with E-state index in [1.807, 2.05) is 30.3 Å². The quantitative estimate of drug-likeness (QED) is 0.336. The summed E-state index contributed by atoms with van der Waals surface area (Å²) in [5.74, 6) is -0.461. The SMILES string of the molecule is CC1=CC=CN2N=S([C@H]3c4nc[nH]c4CCN3C(=O)c3oc(-c4ccccn4)nc3C(F)I)C=C12. The number of halogens is 2. The molecule has 2 unspecified atom stereocenters. The summed E-state index contributed by atoms with van der Waals surface area (Å²) in [6, 6.07) is 5.24. The molecule has 0 aromatic carbocycles. The van der Waals surface area contributed by atoms with Crippen LogP contribution >= 0.6 is 22.6 Å². The number of amides is 1. The van der Waals surface area contributed by atoms with Gasteiger partial charge >= 0.3 is 0 Å². The Balaban J connectivity index is 1.42. The number of hydrogen-bond donors (Lipinski definition) is 1. The number of H-pyrrole nitrogens is 1. The third kappa shape index (κ3) is 3.84. The van der Waals surface area contributed by atoms with Gasteiger partial charge in [0.2, 0.25) is 11.7 Å². The van der Waals surface area contributed by atoms with Crippen molar-refractivity contribution in [2.45, 2.75) is 22.9 Å². The Morgan fingerprint density at radius 3 is 3.03 bits per heavy atom. The minimum Gasteiger partial charge on any atom is -0.429 e. The van der Waals surface area contributed by atoms with Crippen molar-refractivity contribution in [2.75, 3.05) is 6.54 Å². The van der Waals surface area contributed by atoms with Gasteiger partial charge in [0, 0.05) is 36.5 Å². The van der Waals surface area contributed by atoms with Crippen LogP contribution in [0.5, 0.6) is 0 Å². The summed E-state index contributed by atoms with van der Waals surface area (Å²) in [7, 11) is -0.716. The Morgan fingerprint density at radius 2 is 2.26 bits per heavy atom. The molecule has 35 heavy (non-hydrogen) atoms. The highest BCUT2D eigenvalue weighted by molar-refractivity contribution is 14.1. The summed E-state index contributed by atoms with van der Waals surface area (Å²) in [5, 5.41) is 3.45. The third-order valence-electron chi connectivity index (χ3n) is 5.94. The van der Waals surface area contributed by atoms with Crippen LogP contribution in [-0.2, 0) is 17.1 Å². The molecule has 6 rings (SSSR count). The zero-order valence-electron chi connectivity index (χ0n) is 18.4. The van der Waals surface area contributed by atoms with Gasteiger partial charge in [-0.2, -0.15) is 0 Å². The molecule has 0 radical (unpaired) electrons. The Morgan fingerprint density at radius 1 is 1.37 bits per heavy atom. The van der Waals surface area contributed by atoms with E-state index in [9.17, 15) is 9.18 Å². The van der Waals surface area contributed by atoms with E-state index in [-0.39, 0.29) is 17.3 Å². The molecule has 1 amide bonds. The van der Waals surface area contributed by atoms with Gasteiger partial charge in [-0.3, -0.25) is 9.78 Å². The zero-order valence-corrected chi connectivity index (χ0v) is 21.4. The van der Waals surface area contributed by atoms with Gasteiger partial charge in [-0.15, -0.1) is 4.47 Å². The predicted octanol–water partition coefficient (Wildman–Crippen LogP) is 4.91. The van der Waals surface area contributed by atoms with E-state index in [1.165, 1.54) is 0 Å². The number of rotatable bonds is 4. The van der Waals surface area contributed by atoms with Gasteiger partial charge in [0.1, 0.15) is 16.8 Å². The standard InChI is InChI=1S/C23H19FIN7O2S/c1-13-5-4-9-32-16(13)11-35(30-32)23-17-14(27-12-28-17)7-10-31(23)22(33)19-18(20(24)25)29-21(34-19)15-6-2-3-8-26-15/h2-6,8-9,11-12,20,23H,7,10H2,1H3,(H,27,28)/t20?,23-,35?/m0/s1. The topological polar surface area (TPSA) is 104 Å². The van der Waals surface area contributed by atoms with Crippen LogP contribution in [0.1, 0.15) is 44.1 Å². The summed E-state index contributed by atoms with van der Waals surface area (Å²) in [6.45, 7) is 2.43. The van der Waals surface area contributed by atoms with E-state index in [2.05, 4.69) is 25.3 Å². The van der Waals surface area contributed by atoms with Crippen molar-refractivity contribution in [3.8, 4) is 11.6 Å². The van der Waals surface area contributed by atoms with Crippen molar-refractivity contribution in [1.29, 1.82) is 0 Å².